The van der Waals surface area contributed by atoms with E-state index in [1.807, 2.05) is 0 Å². The van der Waals surface area contributed by atoms with Gasteiger partial charge in [-0.05, 0) is 30.3 Å². The SMILES string of the molecule is N#C/C(=C(/Nc1cccc(F)c1)SCC(N)=O)c1ccccn1. The summed E-state index contributed by atoms with van der Waals surface area (Å²) in [6.07, 6.45) is 1.56. The van der Waals surface area contributed by atoms with Crippen LogP contribution < -0.4 is 11.1 Å². The number of benzene rings is 1. The van der Waals surface area contributed by atoms with Crippen LogP contribution >= 0.6 is 11.8 Å². The molecule has 0 aliphatic heterocycles. The summed E-state index contributed by atoms with van der Waals surface area (Å²) in [6, 6.07) is 13.0. The molecule has 3 N–H and O–H groups in total. The number of hydrogen-bond donors (Lipinski definition) is 2. The molecule has 1 heterocycles. The van der Waals surface area contributed by atoms with Gasteiger partial charge in [0.1, 0.15) is 17.5 Å². The highest BCUT2D eigenvalue weighted by molar-refractivity contribution is 8.04. The molecule has 2 aromatic rings. The monoisotopic (exact) mass is 328 g/mol. The number of amides is 1. The van der Waals surface area contributed by atoms with E-state index in [4.69, 9.17) is 5.73 Å². The van der Waals surface area contributed by atoms with Gasteiger partial charge in [-0.15, -0.1) is 0 Å². The first-order valence-corrected chi connectivity index (χ1v) is 7.58. The van der Waals surface area contributed by atoms with Crippen molar-refractivity contribution < 1.29 is 9.18 Å². The quantitative estimate of drug-likeness (QED) is 0.796. The van der Waals surface area contributed by atoms with Crippen LogP contribution in [0.3, 0.4) is 0 Å². The number of allylic oxidation sites excluding steroid dienone is 1. The first-order chi connectivity index (χ1) is 11.1. The number of hydrogen-bond acceptors (Lipinski definition) is 5. The Morgan fingerprint density at radius 1 is 1.35 bits per heavy atom. The summed E-state index contributed by atoms with van der Waals surface area (Å²) in [6.45, 7) is 0. The van der Waals surface area contributed by atoms with Crippen LogP contribution in [0.5, 0.6) is 0 Å². The smallest absolute Gasteiger partial charge is 0.227 e. The second-order valence-corrected chi connectivity index (χ2v) is 5.41. The zero-order valence-electron chi connectivity index (χ0n) is 12.0. The van der Waals surface area contributed by atoms with Gasteiger partial charge >= 0.3 is 0 Å². The fourth-order valence-electron chi connectivity index (χ4n) is 1.75. The molecule has 0 saturated carbocycles. The number of primary amides is 1. The second-order valence-electron chi connectivity index (χ2n) is 4.42. The van der Waals surface area contributed by atoms with E-state index in [1.54, 1.807) is 36.5 Å². The zero-order valence-corrected chi connectivity index (χ0v) is 12.8. The third-order valence-corrected chi connectivity index (χ3v) is 3.72. The maximum Gasteiger partial charge on any atom is 0.227 e. The lowest BCUT2D eigenvalue weighted by Crippen LogP contribution is -2.14. The number of halogens is 1. The summed E-state index contributed by atoms with van der Waals surface area (Å²) in [5.74, 6) is -0.951. The van der Waals surface area contributed by atoms with Crippen molar-refractivity contribution in [3.05, 3.63) is 65.2 Å². The molecule has 1 aromatic heterocycles. The first kappa shape index (κ1) is 16.5. The fraction of sp³-hybridized carbons (Fsp3) is 0.0625. The van der Waals surface area contributed by atoms with Crippen molar-refractivity contribution >= 4 is 28.9 Å². The number of anilines is 1. The van der Waals surface area contributed by atoms with Gasteiger partial charge in [-0.25, -0.2) is 4.39 Å². The summed E-state index contributed by atoms with van der Waals surface area (Å²) in [5.41, 5.74) is 6.33. The average molecular weight is 328 g/mol. The van der Waals surface area contributed by atoms with E-state index in [1.165, 1.54) is 12.1 Å². The molecule has 1 amide bonds. The van der Waals surface area contributed by atoms with Crippen LogP contribution in [0.1, 0.15) is 5.69 Å². The van der Waals surface area contributed by atoms with E-state index >= 15 is 0 Å². The number of nitrogens with one attached hydrogen (secondary N) is 1. The van der Waals surface area contributed by atoms with Gasteiger partial charge in [0.15, 0.2) is 0 Å². The van der Waals surface area contributed by atoms with E-state index in [-0.39, 0.29) is 11.3 Å². The van der Waals surface area contributed by atoms with Crippen molar-refractivity contribution in [2.45, 2.75) is 0 Å². The number of carbonyl (C=O) groups is 1. The molecule has 0 saturated heterocycles. The van der Waals surface area contributed by atoms with Crippen LogP contribution in [-0.2, 0) is 4.79 Å². The minimum absolute atomic E-state index is 0.0182. The summed E-state index contributed by atoms with van der Waals surface area (Å²) >= 11 is 1.07. The van der Waals surface area contributed by atoms with Crippen LogP contribution in [0.2, 0.25) is 0 Å². The average Bonchev–Trinajstić information content (AvgIpc) is 2.54. The van der Waals surface area contributed by atoms with Crippen LogP contribution in [0, 0.1) is 17.1 Å². The number of carbonyl (C=O) groups excluding carboxylic acids is 1. The maximum absolute atomic E-state index is 13.3. The van der Waals surface area contributed by atoms with Crippen LogP contribution in [0.15, 0.2) is 53.7 Å². The van der Waals surface area contributed by atoms with E-state index in [0.717, 1.165) is 11.8 Å². The highest BCUT2D eigenvalue weighted by atomic mass is 32.2. The third-order valence-electron chi connectivity index (χ3n) is 2.70. The molecule has 0 fully saturated rings. The van der Waals surface area contributed by atoms with Gasteiger partial charge < -0.3 is 11.1 Å². The molecular formula is C16H13FN4OS. The van der Waals surface area contributed by atoms with Gasteiger partial charge in [0, 0.05) is 11.9 Å². The molecule has 0 unspecified atom stereocenters. The van der Waals surface area contributed by atoms with E-state index in [9.17, 15) is 14.4 Å². The first-order valence-electron chi connectivity index (χ1n) is 6.59. The Morgan fingerprint density at radius 3 is 2.78 bits per heavy atom. The Morgan fingerprint density at radius 2 is 2.17 bits per heavy atom. The number of rotatable bonds is 6. The molecule has 0 atom stereocenters. The predicted octanol–water partition coefficient (Wildman–Crippen LogP) is 2.74. The molecule has 0 aliphatic rings. The Bertz CT molecular complexity index is 771. The Kier molecular flexibility index (Phi) is 5.72. The number of nitrogens with two attached hydrogens (primary N) is 1. The van der Waals surface area contributed by atoms with E-state index < -0.39 is 11.7 Å². The molecule has 1 aromatic carbocycles. The molecule has 0 aliphatic carbocycles. The van der Waals surface area contributed by atoms with Crippen molar-refractivity contribution in [3.63, 3.8) is 0 Å². The number of nitriles is 1. The van der Waals surface area contributed by atoms with Crippen molar-refractivity contribution in [3.8, 4) is 6.07 Å². The molecule has 7 heteroatoms. The van der Waals surface area contributed by atoms with Crippen molar-refractivity contribution in [2.75, 3.05) is 11.1 Å². The summed E-state index contributed by atoms with van der Waals surface area (Å²) in [7, 11) is 0. The van der Waals surface area contributed by atoms with Gasteiger partial charge in [-0.3, -0.25) is 9.78 Å². The van der Waals surface area contributed by atoms with Gasteiger partial charge in [-0.2, -0.15) is 5.26 Å². The maximum atomic E-state index is 13.3. The minimum atomic E-state index is -0.521. The molecule has 23 heavy (non-hydrogen) atoms. The number of nitrogens with zero attached hydrogens (tertiary/aromatic N) is 2. The van der Waals surface area contributed by atoms with E-state index in [2.05, 4.69) is 16.4 Å². The summed E-state index contributed by atoms with van der Waals surface area (Å²) in [4.78, 5) is 15.2. The van der Waals surface area contributed by atoms with Gasteiger partial charge in [-0.1, -0.05) is 23.9 Å². The summed E-state index contributed by atoms with van der Waals surface area (Å²) < 4.78 is 13.3. The van der Waals surface area contributed by atoms with Crippen molar-refractivity contribution in [1.29, 1.82) is 5.26 Å². The largest absolute Gasteiger partial charge is 0.369 e. The van der Waals surface area contributed by atoms with Crippen LogP contribution in [-0.4, -0.2) is 16.6 Å². The zero-order chi connectivity index (χ0) is 16.7. The van der Waals surface area contributed by atoms with Gasteiger partial charge in [0.05, 0.1) is 16.5 Å². The third kappa shape index (κ3) is 4.83. The molecular weight excluding hydrogens is 315 g/mol. The fourth-order valence-corrected chi connectivity index (χ4v) is 2.52. The molecule has 5 nitrogen and oxygen atoms in total. The lowest BCUT2D eigenvalue weighted by Gasteiger charge is -2.12. The number of thioether (sulfide) groups is 1. The topological polar surface area (TPSA) is 91.8 Å². The minimum Gasteiger partial charge on any atom is -0.369 e. The lowest BCUT2D eigenvalue weighted by molar-refractivity contribution is -0.115. The Labute approximate surface area is 137 Å². The van der Waals surface area contributed by atoms with Crippen LogP contribution in [0.4, 0.5) is 10.1 Å². The molecule has 0 spiro atoms. The van der Waals surface area contributed by atoms with Crippen LogP contribution in [0.25, 0.3) is 5.57 Å². The normalized spacial score (nSPS) is 11.3. The van der Waals surface area contributed by atoms with E-state index in [0.29, 0.717) is 16.4 Å². The van der Waals surface area contributed by atoms with Gasteiger partial charge in [0.2, 0.25) is 5.91 Å². The Hall–Kier alpha value is -2.85. The second kappa shape index (κ2) is 7.96. The lowest BCUT2D eigenvalue weighted by atomic mass is 10.2. The number of aromatic nitrogens is 1. The summed E-state index contributed by atoms with van der Waals surface area (Å²) in [5, 5.41) is 12.8. The molecule has 116 valence electrons. The van der Waals surface area contributed by atoms with Crippen molar-refractivity contribution in [1.82, 2.24) is 4.98 Å². The number of pyridine rings is 1. The van der Waals surface area contributed by atoms with Crippen molar-refractivity contribution in [2.24, 2.45) is 5.73 Å². The highest BCUT2D eigenvalue weighted by Gasteiger charge is 2.13. The molecule has 0 bridgehead atoms. The highest BCUT2D eigenvalue weighted by Crippen LogP contribution is 2.27. The standard InChI is InChI=1S/C16H13FN4OS/c17-11-4-3-5-12(8-11)21-16(23-10-15(19)22)13(9-18)14-6-1-2-7-20-14/h1-8,21H,10H2,(H2,19,22)/b16-13+. The predicted molar refractivity (Wildman–Crippen MR) is 88.4 cm³/mol. The Balaban J connectivity index is 2.41. The molecule has 2 rings (SSSR count). The van der Waals surface area contributed by atoms with Gasteiger partial charge in [0.25, 0.3) is 0 Å². The molecule has 0 radical (unpaired) electrons.